The van der Waals surface area contributed by atoms with Crippen molar-refractivity contribution < 1.29 is 14.7 Å². The van der Waals surface area contributed by atoms with Crippen LogP contribution in [0.5, 0.6) is 0 Å². The van der Waals surface area contributed by atoms with Gasteiger partial charge in [-0.15, -0.1) is 0 Å². The summed E-state index contributed by atoms with van der Waals surface area (Å²) in [4.78, 5) is 32.0. The number of rotatable bonds is 6. The SMILES string of the molecule is CC(=O)c1ccc(-c2cnc(N)c(C(=O)NCC(C)(C)CO)n2)cc1. The summed E-state index contributed by atoms with van der Waals surface area (Å²) >= 11 is 0. The van der Waals surface area contributed by atoms with Crippen molar-refractivity contribution in [1.29, 1.82) is 0 Å². The molecule has 7 heteroatoms. The molecule has 0 saturated carbocycles. The number of benzene rings is 1. The Labute approximate surface area is 146 Å². The average molecular weight is 342 g/mol. The molecule has 0 fully saturated rings. The molecule has 0 saturated heterocycles. The van der Waals surface area contributed by atoms with Gasteiger partial charge in [-0.1, -0.05) is 38.1 Å². The molecule has 132 valence electrons. The number of hydrogen-bond acceptors (Lipinski definition) is 6. The summed E-state index contributed by atoms with van der Waals surface area (Å²) in [6.45, 7) is 5.37. The predicted molar refractivity (Wildman–Crippen MR) is 95.1 cm³/mol. The molecule has 2 rings (SSSR count). The first kappa shape index (κ1) is 18.5. The first-order valence-corrected chi connectivity index (χ1v) is 7.86. The van der Waals surface area contributed by atoms with E-state index in [1.54, 1.807) is 24.3 Å². The van der Waals surface area contributed by atoms with Gasteiger partial charge >= 0.3 is 0 Å². The number of hydrogen-bond donors (Lipinski definition) is 3. The third-order valence-electron chi connectivity index (χ3n) is 3.76. The lowest BCUT2D eigenvalue weighted by atomic mass is 9.95. The number of aliphatic hydroxyl groups excluding tert-OH is 1. The summed E-state index contributed by atoms with van der Waals surface area (Å²) in [6, 6.07) is 6.87. The highest BCUT2D eigenvalue weighted by atomic mass is 16.3. The summed E-state index contributed by atoms with van der Waals surface area (Å²) in [5.41, 5.74) is 7.16. The van der Waals surface area contributed by atoms with E-state index < -0.39 is 11.3 Å². The van der Waals surface area contributed by atoms with Gasteiger partial charge in [0.05, 0.1) is 11.9 Å². The molecule has 0 aliphatic rings. The van der Waals surface area contributed by atoms with Crippen molar-refractivity contribution in [2.24, 2.45) is 5.41 Å². The monoisotopic (exact) mass is 342 g/mol. The van der Waals surface area contributed by atoms with E-state index >= 15 is 0 Å². The van der Waals surface area contributed by atoms with Crippen LogP contribution >= 0.6 is 0 Å². The van der Waals surface area contributed by atoms with Gasteiger partial charge in [-0.3, -0.25) is 9.59 Å². The highest BCUT2D eigenvalue weighted by Gasteiger charge is 2.20. The van der Waals surface area contributed by atoms with Crippen molar-refractivity contribution in [2.45, 2.75) is 20.8 Å². The third kappa shape index (κ3) is 4.60. The second-order valence-corrected chi connectivity index (χ2v) is 6.63. The number of aromatic nitrogens is 2. The van der Waals surface area contributed by atoms with Crippen molar-refractivity contribution in [3.05, 3.63) is 41.7 Å². The molecule has 0 aliphatic heterocycles. The Morgan fingerprint density at radius 1 is 1.24 bits per heavy atom. The van der Waals surface area contributed by atoms with Crippen LogP contribution in [0.1, 0.15) is 41.6 Å². The molecule has 25 heavy (non-hydrogen) atoms. The van der Waals surface area contributed by atoms with Gasteiger partial charge in [0.2, 0.25) is 0 Å². The van der Waals surface area contributed by atoms with E-state index in [1.165, 1.54) is 13.1 Å². The van der Waals surface area contributed by atoms with Crippen LogP contribution in [-0.4, -0.2) is 39.9 Å². The number of nitrogens with two attached hydrogens (primary N) is 1. The summed E-state index contributed by atoms with van der Waals surface area (Å²) in [6.07, 6.45) is 1.48. The smallest absolute Gasteiger partial charge is 0.273 e. The van der Waals surface area contributed by atoms with Crippen LogP contribution in [0.2, 0.25) is 0 Å². The summed E-state index contributed by atoms with van der Waals surface area (Å²) < 4.78 is 0. The van der Waals surface area contributed by atoms with E-state index in [0.717, 1.165) is 5.56 Å². The molecule has 4 N–H and O–H groups in total. The number of carbonyl (C=O) groups excluding carboxylic acids is 2. The van der Waals surface area contributed by atoms with E-state index in [-0.39, 0.29) is 30.4 Å². The Bertz CT molecular complexity index is 785. The number of aliphatic hydroxyl groups is 1. The topological polar surface area (TPSA) is 118 Å². The van der Waals surface area contributed by atoms with Crippen LogP contribution in [0.4, 0.5) is 5.82 Å². The van der Waals surface area contributed by atoms with Crippen LogP contribution in [0.25, 0.3) is 11.3 Å². The number of Topliss-reactive ketones (excluding diaryl/α,β-unsaturated/α-hetero) is 1. The van der Waals surface area contributed by atoms with E-state index in [0.29, 0.717) is 11.3 Å². The van der Waals surface area contributed by atoms with Gasteiger partial charge in [-0.25, -0.2) is 9.97 Å². The highest BCUT2D eigenvalue weighted by molar-refractivity contribution is 5.97. The maximum atomic E-state index is 12.3. The Morgan fingerprint density at radius 2 is 1.88 bits per heavy atom. The molecule has 1 heterocycles. The largest absolute Gasteiger partial charge is 0.396 e. The van der Waals surface area contributed by atoms with Crippen molar-refractivity contribution in [1.82, 2.24) is 15.3 Å². The molecule has 0 spiro atoms. The zero-order valence-corrected chi connectivity index (χ0v) is 14.5. The van der Waals surface area contributed by atoms with Gasteiger partial charge in [0.15, 0.2) is 17.3 Å². The second kappa shape index (κ2) is 7.40. The first-order chi connectivity index (χ1) is 11.7. The zero-order valence-electron chi connectivity index (χ0n) is 14.5. The fraction of sp³-hybridized carbons (Fsp3) is 0.333. The molecular weight excluding hydrogens is 320 g/mol. The quantitative estimate of drug-likeness (QED) is 0.687. The highest BCUT2D eigenvalue weighted by Crippen LogP contribution is 2.20. The Balaban J connectivity index is 2.25. The molecule has 1 amide bonds. The predicted octanol–water partition coefficient (Wildman–Crippen LogP) is 1.68. The minimum atomic E-state index is -0.450. The average Bonchev–Trinajstić information content (AvgIpc) is 2.60. The number of nitrogen functional groups attached to an aromatic ring is 1. The first-order valence-electron chi connectivity index (χ1n) is 7.86. The fourth-order valence-electron chi connectivity index (χ4n) is 2.04. The van der Waals surface area contributed by atoms with Crippen LogP contribution in [0.3, 0.4) is 0 Å². The Hall–Kier alpha value is -2.80. The van der Waals surface area contributed by atoms with Crippen molar-refractivity contribution >= 4 is 17.5 Å². The number of nitrogens with one attached hydrogen (secondary N) is 1. The zero-order chi connectivity index (χ0) is 18.6. The molecule has 1 aromatic heterocycles. The third-order valence-corrected chi connectivity index (χ3v) is 3.76. The number of nitrogens with zero attached hydrogens (tertiary/aromatic N) is 2. The molecule has 0 bridgehead atoms. The maximum Gasteiger partial charge on any atom is 0.273 e. The van der Waals surface area contributed by atoms with Crippen LogP contribution in [0, 0.1) is 5.41 Å². The molecule has 2 aromatic rings. The Morgan fingerprint density at radius 3 is 2.44 bits per heavy atom. The second-order valence-electron chi connectivity index (χ2n) is 6.63. The van der Waals surface area contributed by atoms with Crippen LogP contribution in [0.15, 0.2) is 30.5 Å². The standard InChI is InChI=1S/C18H22N4O3/c1-11(24)12-4-6-13(7-5-12)14-8-20-16(19)15(22-14)17(25)21-9-18(2,3)10-23/h4-8,23H,9-10H2,1-3H3,(H2,19,20)(H,21,25). The summed E-state index contributed by atoms with van der Waals surface area (Å²) in [5.74, 6) is -0.446. The number of ketones is 1. The molecular formula is C18H22N4O3. The molecule has 0 unspecified atom stereocenters. The van der Waals surface area contributed by atoms with Gasteiger partial charge < -0.3 is 16.2 Å². The number of amides is 1. The van der Waals surface area contributed by atoms with Gasteiger partial charge in [0, 0.05) is 29.7 Å². The van der Waals surface area contributed by atoms with Crippen LogP contribution in [-0.2, 0) is 0 Å². The molecule has 1 aromatic carbocycles. The lowest BCUT2D eigenvalue weighted by Crippen LogP contribution is -2.36. The molecule has 0 radical (unpaired) electrons. The summed E-state index contributed by atoms with van der Waals surface area (Å²) in [5, 5.41) is 12.0. The van der Waals surface area contributed by atoms with Crippen molar-refractivity contribution in [3.63, 3.8) is 0 Å². The van der Waals surface area contributed by atoms with Crippen molar-refractivity contribution in [2.75, 3.05) is 18.9 Å². The van der Waals surface area contributed by atoms with E-state index in [1.807, 2.05) is 13.8 Å². The lowest BCUT2D eigenvalue weighted by Gasteiger charge is -2.21. The number of anilines is 1. The minimum Gasteiger partial charge on any atom is -0.396 e. The van der Waals surface area contributed by atoms with E-state index in [4.69, 9.17) is 5.73 Å². The lowest BCUT2D eigenvalue weighted by molar-refractivity contribution is 0.0906. The van der Waals surface area contributed by atoms with E-state index in [2.05, 4.69) is 15.3 Å². The number of carbonyl (C=O) groups is 2. The van der Waals surface area contributed by atoms with Gasteiger partial charge in [-0.05, 0) is 6.92 Å². The van der Waals surface area contributed by atoms with Gasteiger partial charge in [-0.2, -0.15) is 0 Å². The van der Waals surface area contributed by atoms with Gasteiger partial charge in [0.1, 0.15) is 0 Å². The Kier molecular flexibility index (Phi) is 5.48. The fourth-order valence-corrected chi connectivity index (χ4v) is 2.04. The minimum absolute atomic E-state index is 0.0264. The van der Waals surface area contributed by atoms with Crippen molar-refractivity contribution in [3.8, 4) is 11.3 Å². The van der Waals surface area contributed by atoms with E-state index in [9.17, 15) is 14.7 Å². The van der Waals surface area contributed by atoms with Crippen LogP contribution < -0.4 is 11.1 Å². The van der Waals surface area contributed by atoms with Gasteiger partial charge in [0.25, 0.3) is 5.91 Å². The normalized spacial score (nSPS) is 11.2. The molecule has 7 nitrogen and oxygen atoms in total. The molecule has 0 atom stereocenters. The molecule has 0 aliphatic carbocycles. The maximum absolute atomic E-state index is 12.3. The summed E-state index contributed by atoms with van der Waals surface area (Å²) in [7, 11) is 0.